The van der Waals surface area contributed by atoms with E-state index in [9.17, 15) is 0 Å². The summed E-state index contributed by atoms with van der Waals surface area (Å²) >= 11 is 1.54. The molecule has 0 aliphatic rings. The molecule has 0 saturated carbocycles. The van der Waals surface area contributed by atoms with Gasteiger partial charge < -0.3 is 4.57 Å². The van der Waals surface area contributed by atoms with Crippen LogP contribution in [0.4, 0.5) is 0 Å². The summed E-state index contributed by atoms with van der Waals surface area (Å²) in [6.07, 6.45) is 1.85. The summed E-state index contributed by atoms with van der Waals surface area (Å²) in [5, 5.41) is 2.77. The van der Waals surface area contributed by atoms with Crippen LogP contribution in [-0.2, 0) is 7.05 Å². The fourth-order valence-corrected chi connectivity index (χ4v) is 1.22. The number of hydrogen-bond acceptors (Lipinski definition) is 2. The molecular formula is C9H16N2S. The highest BCUT2D eigenvalue weighted by Gasteiger charge is 1.99. The molecule has 0 amide bonds. The van der Waals surface area contributed by atoms with Gasteiger partial charge in [-0.25, -0.2) is 4.98 Å². The van der Waals surface area contributed by atoms with Crippen LogP contribution >= 0.6 is 11.8 Å². The Kier molecular flexibility index (Phi) is 5.54. The molecule has 1 aromatic rings. The number of rotatable bonds is 2. The standard InChI is InChI=1S/C7H10N2S.C2H6/c1-4-10-7-8-5-6(2)9(7)3;1-2/h4-5H,1H2,2-3H3;1-2H3. The molecule has 0 spiro atoms. The van der Waals surface area contributed by atoms with Crippen LogP contribution in [0.2, 0.25) is 0 Å². The smallest absolute Gasteiger partial charge is 0.172 e. The van der Waals surface area contributed by atoms with Gasteiger partial charge in [-0.1, -0.05) is 32.2 Å². The summed E-state index contributed by atoms with van der Waals surface area (Å²) in [6.45, 7) is 9.64. The van der Waals surface area contributed by atoms with Gasteiger partial charge in [-0.15, -0.1) is 0 Å². The first-order chi connectivity index (χ1) is 5.75. The number of imidazole rings is 1. The van der Waals surface area contributed by atoms with Gasteiger partial charge in [0.05, 0.1) is 0 Å². The second-order valence-electron chi connectivity index (χ2n) is 2.03. The lowest BCUT2D eigenvalue weighted by Crippen LogP contribution is -1.91. The van der Waals surface area contributed by atoms with Gasteiger partial charge >= 0.3 is 0 Å². The van der Waals surface area contributed by atoms with Crippen molar-refractivity contribution in [1.82, 2.24) is 9.55 Å². The van der Waals surface area contributed by atoms with Gasteiger partial charge in [0.1, 0.15) is 0 Å². The van der Waals surface area contributed by atoms with Crippen molar-refractivity contribution in [3.63, 3.8) is 0 Å². The lowest BCUT2D eigenvalue weighted by molar-refractivity contribution is 0.767. The predicted molar refractivity (Wildman–Crippen MR) is 55.3 cm³/mol. The Morgan fingerprint density at radius 2 is 2.17 bits per heavy atom. The molecule has 0 aliphatic carbocycles. The van der Waals surface area contributed by atoms with E-state index in [1.807, 2.05) is 38.6 Å². The molecule has 1 rings (SSSR count). The van der Waals surface area contributed by atoms with E-state index in [0.717, 1.165) is 5.16 Å². The average molecular weight is 184 g/mol. The van der Waals surface area contributed by atoms with Crippen molar-refractivity contribution in [2.24, 2.45) is 7.05 Å². The highest BCUT2D eigenvalue weighted by atomic mass is 32.2. The van der Waals surface area contributed by atoms with E-state index in [4.69, 9.17) is 0 Å². The van der Waals surface area contributed by atoms with E-state index in [2.05, 4.69) is 11.6 Å². The van der Waals surface area contributed by atoms with Gasteiger partial charge in [-0.05, 0) is 12.3 Å². The summed E-state index contributed by atoms with van der Waals surface area (Å²) in [7, 11) is 1.99. The van der Waals surface area contributed by atoms with Crippen LogP contribution in [0, 0.1) is 6.92 Å². The molecular weight excluding hydrogens is 168 g/mol. The van der Waals surface area contributed by atoms with Gasteiger partial charge in [-0.2, -0.15) is 0 Å². The Balaban J connectivity index is 0.000000561. The first-order valence-corrected chi connectivity index (χ1v) is 4.89. The maximum Gasteiger partial charge on any atom is 0.172 e. The maximum atomic E-state index is 4.16. The van der Waals surface area contributed by atoms with Crippen LogP contribution in [0.15, 0.2) is 23.3 Å². The van der Waals surface area contributed by atoms with Crippen LogP contribution in [0.3, 0.4) is 0 Å². The molecule has 1 heterocycles. The van der Waals surface area contributed by atoms with Crippen LogP contribution < -0.4 is 0 Å². The highest BCUT2D eigenvalue weighted by Crippen LogP contribution is 2.16. The summed E-state index contributed by atoms with van der Waals surface area (Å²) < 4.78 is 2.03. The zero-order valence-corrected chi connectivity index (χ0v) is 8.98. The van der Waals surface area contributed by atoms with E-state index in [-0.39, 0.29) is 0 Å². The molecule has 68 valence electrons. The molecule has 0 aliphatic heterocycles. The molecule has 1 aromatic heterocycles. The third-order valence-corrected chi connectivity index (χ3v) is 2.12. The Bertz CT molecular complexity index is 241. The topological polar surface area (TPSA) is 17.8 Å². The van der Waals surface area contributed by atoms with Gasteiger partial charge in [-0.3, -0.25) is 0 Å². The Labute approximate surface area is 78.7 Å². The van der Waals surface area contributed by atoms with Crippen molar-refractivity contribution in [3.8, 4) is 0 Å². The van der Waals surface area contributed by atoms with Crippen molar-refractivity contribution in [2.75, 3.05) is 0 Å². The Morgan fingerprint density at radius 1 is 1.58 bits per heavy atom. The third kappa shape index (κ3) is 2.74. The lowest BCUT2D eigenvalue weighted by atomic mass is 10.5. The van der Waals surface area contributed by atoms with Crippen molar-refractivity contribution in [2.45, 2.75) is 25.9 Å². The van der Waals surface area contributed by atoms with Crippen molar-refractivity contribution in [1.29, 1.82) is 0 Å². The Morgan fingerprint density at radius 3 is 2.50 bits per heavy atom. The van der Waals surface area contributed by atoms with Gasteiger partial charge in [0.15, 0.2) is 5.16 Å². The van der Waals surface area contributed by atoms with Gasteiger partial charge in [0.2, 0.25) is 0 Å². The molecule has 0 atom stereocenters. The van der Waals surface area contributed by atoms with Crippen molar-refractivity contribution < 1.29 is 0 Å². The van der Waals surface area contributed by atoms with E-state index in [0.29, 0.717) is 0 Å². The predicted octanol–water partition coefficient (Wildman–Crippen LogP) is 2.99. The van der Waals surface area contributed by atoms with Crippen LogP contribution in [0.5, 0.6) is 0 Å². The second kappa shape index (κ2) is 5.89. The number of aromatic nitrogens is 2. The molecule has 0 radical (unpaired) electrons. The normalized spacial score (nSPS) is 8.67. The monoisotopic (exact) mass is 184 g/mol. The summed E-state index contributed by atoms with van der Waals surface area (Å²) in [5.74, 6) is 0. The van der Waals surface area contributed by atoms with Crippen LogP contribution in [0.25, 0.3) is 0 Å². The summed E-state index contributed by atoms with van der Waals surface area (Å²) in [4.78, 5) is 4.16. The Hall–Kier alpha value is -0.700. The molecule has 0 fully saturated rings. The molecule has 0 saturated heterocycles. The van der Waals surface area contributed by atoms with Gasteiger partial charge in [0.25, 0.3) is 0 Å². The molecule has 3 heteroatoms. The molecule has 0 N–H and O–H groups in total. The summed E-state index contributed by atoms with van der Waals surface area (Å²) in [6, 6.07) is 0. The first-order valence-electron chi connectivity index (χ1n) is 4.01. The lowest BCUT2D eigenvalue weighted by Gasteiger charge is -1.97. The fourth-order valence-electron chi connectivity index (χ4n) is 0.657. The zero-order chi connectivity index (χ0) is 9.56. The molecule has 12 heavy (non-hydrogen) atoms. The highest BCUT2D eigenvalue weighted by molar-refractivity contribution is 8.02. The average Bonchev–Trinajstić information content (AvgIpc) is 2.41. The summed E-state index contributed by atoms with van der Waals surface area (Å²) in [5.41, 5.74) is 1.17. The molecule has 0 unspecified atom stereocenters. The van der Waals surface area contributed by atoms with Crippen molar-refractivity contribution >= 4 is 11.8 Å². The van der Waals surface area contributed by atoms with Crippen LogP contribution in [-0.4, -0.2) is 9.55 Å². The number of thioether (sulfide) groups is 1. The number of hydrogen-bond donors (Lipinski definition) is 0. The minimum atomic E-state index is 0.993. The molecule has 0 aromatic carbocycles. The molecule has 2 nitrogen and oxygen atoms in total. The number of aryl methyl sites for hydroxylation is 1. The number of nitrogens with zero attached hydrogens (tertiary/aromatic N) is 2. The van der Waals surface area contributed by atoms with Crippen molar-refractivity contribution in [3.05, 3.63) is 23.9 Å². The zero-order valence-electron chi connectivity index (χ0n) is 8.16. The first kappa shape index (κ1) is 11.3. The van der Waals surface area contributed by atoms with E-state index in [1.165, 1.54) is 17.5 Å². The SMILES string of the molecule is C=CSc1ncc(C)n1C.CC. The van der Waals surface area contributed by atoms with Gasteiger partial charge in [0, 0.05) is 18.9 Å². The molecule has 0 bridgehead atoms. The maximum absolute atomic E-state index is 4.16. The second-order valence-corrected chi connectivity index (χ2v) is 2.96. The van der Waals surface area contributed by atoms with E-state index >= 15 is 0 Å². The minimum Gasteiger partial charge on any atom is -0.326 e. The largest absolute Gasteiger partial charge is 0.326 e. The van der Waals surface area contributed by atoms with Crippen LogP contribution in [0.1, 0.15) is 19.5 Å². The third-order valence-electron chi connectivity index (χ3n) is 1.37. The quantitative estimate of drug-likeness (QED) is 0.658. The van der Waals surface area contributed by atoms with E-state index < -0.39 is 0 Å². The fraction of sp³-hybridized carbons (Fsp3) is 0.444. The minimum absolute atomic E-state index is 0.993. The van der Waals surface area contributed by atoms with E-state index in [1.54, 1.807) is 5.41 Å².